The Kier molecular flexibility index (Phi) is 3.00. The molecule has 3 rings (SSSR count). The first-order valence-corrected chi connectivity index (χ1v) is 6.30. The molecule has 2 heterocycles. The third-order valence-electron chi connectivity index (χ3n) is 3.24. The lowest BCUT2D eigenvalue weighted by molar-refractivity contribution is 1.05. The third-order valence-corrected chi connectivity index (χ3v) is 3.24. The van der Waals surface area contributed by atoms with Gasteiger partial charge in [-0.25, -0.2) is 15.8 Å². The number of nitrogens with zero attached hydrogens (tertiary/aromatic N) is 4. The number of benzene rings is 1. The Balaban J connectivity index is 2.12. The van der Waals surface area contributed by atoms with Gasteiger partial charge in [0, 0.05) is 25.1 Å². The molecule has 0 bridgehead atoms. The molecule has 0 atom stereocenters. The normalized spacial score (nSPS) is 10.8. The molecule has 2 aromatic heterocycles. The zero-order valence-corrected chi connectivity index (χ0v) is 11.4. The number of hydrogen-bond donors (Lipinski definition) is 2. The molecule has 0 saturated carbocycles. The number of rotatable bonds is 3. The Morgan fingerprint density at radius 3 is 2.70 bits per heavy atom. The van der Waals surface area contributed by atoms with E-state index in [1.165, 1.54) is 5.56 Å². The van der Waals surface area contributed by atoms with Crippen molar-refractivity contribution >= 4 is 23.0 Å². The molecule has 0 unspecified atom stereocenters. The summed E-state index contributed by atoms with van der Waals surface area (Å²) in [6.07, 6.45) is 5.41. The summed E-state index contributed by atoms with van der Waals surface area (Å²) >= 11 is 0. The van der Waals surface area contributed by atoms with Crippen LogP contribution in [0.2, 0.25) is 0 Å². The standard InChI is InChI=1S/C14H16N6/c1-10-3-5-11(6-4-10)19(2)14-13-16-7-8-20(13)9-12(17-14)18-15/h3-9,18H,15H2,1-2H3. The van der Waals surface area contributed by atoms with Gasteiger partial charge in [0.25, 0.3) is 0 Å². The number of imidazole rings is 1. The molecule has 102 valence electrons. The van der Waals surface area contributed by atoms with Crippen molar-refractivity contribution < 1.29 is 0 Å². The lowest BCUT2D eigenvalue weighted by Crippen LogP contribution is -2.16. The predicted molar refractivity (Wildman–Crippen MR) is 80.0 cm³/mol. The van der Waals surface area contributed by atoms with Crippen LogP contribution in [0.15, 0.2) is 42.9 Å². The highest BCUT2D eigenvalue weighted by Gasteiger charge is 2.13. The largest absolute Gasteiger partial charge is 0.326 e. The number of nitrogens with two attached hydrogens (primary N) is 1. The van der Waals surface area contributed by atoms with Gasteiger partial charge in [-0.3, -0.25) is 0 Å². The number of aryl methyl sites for hydroxylation is 1. The van der Waals surface area contributed by atoms with Crippen LogP contribution in [0.5, 0.6) is 0 Å². The van der Waals surface area contributed by atoms with E-state index in [1.807, 2.05) is 22.5 Å². The van der Waals surface area contributed by atoms with Gasteiger partial charge in [-0.15, -0.1) is 0 Å². The van der Waals surface area contributed by atoms with Gasteiger partial charge >= 0.3 is 0 Å². The van der Waals surface area contributed by atoms with E-state index in [0.717, 1.165) is 17.2 Å². The van der Waals surface area contributed by atoms with Crippen LogP contribution >= 0.6 is 0 Å². The van der Waals surface area contributed by atoms with Crippen LogP contribution in [-0.2, 0) is 0 Å². The van der Waals surface area contributed by atoms with Gasteiger partial charge in [-0.05, 0) is 19.1 Å². The second kappa shape index (κ2) is 4.82. The minimum Gasteiger partial charge on any atom is -0.326 e. The van der Waals surface area contributed by atoms with Crippen molar-refractivity contribution in [1.82, 2.24) is 14.4 Å². The summed E-state index contributed by atoms with van der Waals surface area (Å²) in [6, 6.07) is 8.25. The number of hydrogen-bond acceptors (Lipinski definition) is 5. The lowest BCUT2D eigenvalue weighted by atomic mass is 10.2. The summed E-state index contributed by atoms with van der Waals surface area (Å²) in [5.74, 6) is 6.80. The quantitative estimate of drug-likeness (QED) is 0.562. The van der Waals surface area contributed by atoms with Gasteiger partial charge in [0.15, 0.2) is 17.3 Å². The van der Waals surface area contributed by atoms with Crippen LogP contribution in [0.1, 0.15) is 5.56 Å². The molecule has 3 N–H and O–H groups in total. The summed E-state index contributed by atoms with van der Waals surface area (Å²) in [5.41, 5.74) is 5.63. The highest BCUT2D eigenvalue weighted by Crippen LogP contribution is 2.26. The fourth-order valence-corrected chi connectivity index (χ4v) is 2.10. The summed E-state index contributed by atoms with van der Waals surface area (Å²) in [6.45, 7) is 2.06. The minimum absolute atomic E-state index is 0.587. The zero-order chi connectivity index (χ0) is 14.1. The molecule has 0 amide bonds. The number of aromatic nitrogens is 3. The van der Waals surface area contributed by atoms with E-state index in [1.54, 1.807) is 12.4 Å². The van der Waals surface area contributed by atoms with Crippen LogP contribution in [0, 0.1) is 6.92 Å². The Morgan fingerprint density at radius 1 is 1.25 bits per heavy atom. The topological polar surface area (TPSA) is 71.5 Å². The van der Waals surface area contributed by atoms with E-state index < -0.39 is 0 Å². The number of nitrogen functional groups attached to an aromatic ring is 1. The van der Waals surface area contributed by atoms with Crippen LogP contribution in [0.3, 0.4) is 0 Å². The molecular formula is C14H16N6. The van der Waals surface area contributed by atoms with Crippen molar-refractivity contribution in [2.45, 2.75) is 6.92 Å². The van der Waals surface area contributed by atoms with Crippen LogP contribution < -0.4 is 16.2 Å². The van der Waals surface area contributed by atoms with Crippen LogP contribution in [-0.4, -0.2) is 21.4 Å². The number of nitrogens with one attached hydrogen (secondary N) is 1. The Morgan fingerprint density at radius 2 is 2.00 bits per heavy atom. The monoisotopic (exact) mass is 268 g/mol. The van der Waals surface area contributed by atoms with Crippen molar-refractivity contribution in [3.8, 4) is 0 Å². The molecule has 1 aromatic carbocycles. The molecule has 0 saturated heterocycles. The lowest BCUT2D eigenvalue weighted by Gasteiger charge is -2.19. The first-order valence-electron chi connectivity index (χ1n) is 6.30. The highest BCUT2D eigenvalue weighted by molar-refractivity contribution is 5.73. The number of anilines is 3. The molecule has 6 nitrogen and oxygen atoms in total. The number of hydrazine groups is 1. The van der Waals surface area contributed by atoms with E-state index >= 15 is 0 Å². The second-order valence-corrected chi connectivity index (χ2v) is 4.65. The summed E-state index contributed by atoms with van der Waals surface area (Å²) in [5, 5.41) is 0. The zero-order valence-electron chi connectivity index (χ0n) is 11.4. The third kappa shape index (κ3) is 2.06. The summed E-state index contributed by atoms with van der Waals surface area (Å²) < 4.78 is 1.89. The van der Waals surface area contributed by atoms with Gasteiger partial charge in [-0.1, -0.05) is 17.7 Å². The summed E-state index contributed by atoms with van der Waals surface area (Å²) in [7, 11) is 1.96. The Bertz CT molecular complexity index is 731. The first-order chi connectivity index (χ1) is 9.69. The maximum absolute atomic E-state index is 5.47. The van der Waals surface area contributed by atoms with Crippen LogP contribution in [0.25, 0.3) is 5.65 Å². The van der Waals surface area contributed by atoms with Gasteiger partial charge in [0.1, 0.15) is 0 Å². The smallest absolute Gasteiger partial charge is 0.180 e. The molecule has 3 aromatic rings. The molecule has 6 heteroatoms. The van der Waals surface area contributed by atoms with Gasteiger partial charge < -0.3 is 14.7 Å². The minimum atomic E-state index is 0.587. The van der Waals surface area contributed by atoms with Gasteiger partial charge in [0.05, 0.1) is 6.20 Å². The molecule has 20 heavy (non-hydrogen) atoms. The first kappa shape index (κ1) is 12.4. The molecule has 0 radical (unpaired) electrons. The molecule has 0 aliphatic heterocycles. The Hall–Kier alpha value is -2.60. The second-order valence-electron chi connectivity index (χ2n) is 4.65. The summed E-state index contributed by atoms with van der Waals surface area (Å²) in [4.78, 5) is 10.8. The predicted octanol–water partition coefficient (Wildman–Crippen LogP) is 2.09. The average Bonchev–Trinajstić information content (AvgIpc) is 2.94. The van der Waals surface area contributed by atoms with Gasteiger partial charge in [0.2, 0.25) is 0 Å². The van der Waals surface area contributed by atoms with Crippen molar-refractivity contribution in [2.75, 3.05) is 17.4 Å². The van der Waals surface area contributed by atoms with E-state index in [2.05, 4.69) is 46.6 Å². The fourth-order valence-electron chi connectivity index (χ4n) is 2.10. The van der Waals surface area contributed by atoms with Crippen molar-refractivity contribution in [2.24, 2.45) is 5.84 Å². The molecular weight excluding hydrogens is 252 g/mol. The van der Waals surface area contributed by atoms with E-state index in [4.69, 9.17) is 5.84 Å². The molecule has 0 fully saturated rings. The maximum atomic E-state index is 5.47. The molecule has 0 aliphatic carbocycles. The van der Waals surface area contributed by atoms with Gasteiger partial charge in [-0.2, -0.15) is 0 Å². The molecule has 0 spiro atoms. The van der Waals surface area contributed by atoms with Crippen molar-refractivity contribution in [3.63, 3.8) is 0 Å². The van der Waals surface area contributed by atoms with Crippen molar-refractivity contribution in [3.05, 3.63) is 48.4 Å². The van der Waals surface area contributed by atoms with E-state index in [0.29, 0.717) is 5.82 Å². The Labute approximate surface area is 116 Å². The fraction of sp³-hybridized carbons (Fsp3) is 0.143. The van der Waals surface area contributed by atoms with E-state index in [9.17, 15) is 0 Å². The van der Waals surface area contributed by atoms with Crippen molar-refractivity contribution in [1.29, 1.82) is 0 Å². The average molecular weight is 268 g/mol. The highest BCUT2D eigenvalue weighted by atomic mass is 15.3. The number of fused-ring (bicyclic) bond motifs is 1. The van der Waals surface area contributed by atoms with E-state index in [-0.39, 0.29) is 0 Å². The maximum Gasteiger partial charge on any atom is 0.180 e. The SMILES string of the molecule is Cc1ccc(N(C)c2nc(NN)cn3ccnc23)cc1. The molecule has 0 aliphatic rings. The van der Waals surface area contributed by atoms with Crippen LogP contribution in [0.4, 0.5) is 17.3 Å².